The molecule has 0 aliphatic carbocycles. The Hall–Kier alpha value is -3.35. The molecule has 0 bridgehead atoms. The molecule has 0 fully saturated rings. The van der Waals surface area contributed by atoms with E-state index in [9.17, 15) is 9.59 Å². The molecule has 27 heavy (non-hydrogen) atoms. The number of rotatable bonds is 6. The Labute approximate surface area is 156 Å². The molecule has 0 spiro atoms. The first-order valence-electron chi connectivity index (χ1n) is 8.45. The molecule has 7 heteroatoms. The Morgan fingerprint density at radius 2 is 1.85 bits per heavy atom. The summed E-state index contributed by atoms with van der Waals surface area (Å²) in [6.07, 6.45) is 0.182. The Morgan fingerprint density at radius 3 is 2.59 bits per heavy atom. The number of ether oxygens (including phenoxy) is 2. The quantitative estimate of drug-likeness (QED) is 0.718. The molecular weight excluding hydrogens is 346 g/mol. The third-order valence-corrected chi connectivity index (χ3v) is 4.33. The fraction of sp³-hybridized carbons (Fsp3) is 0.250. The van der Waals surface area contributed by atoms with Gasteiger partial charge in [-0.1, -0.05) is 18.2 Å². The molecule has 1 heterocycles. The Kier molecular flexibility index (Phi) is 5.40. The van der Waals surface area contributed by atoms with E-state index in [-0.39, 0.29) is 24.4 Å². The topological polar surface area (TPSA) is 82.5 Å². The molecule has 1 amide bonds. The first-order valence-corrected chi connectivity index (χ1v) is 8.45. The van der Waals surface area contributed by atoms with Crippen LogP contribution in [-0.4, -0.2) is 29.7 Å². The van der Waals surface area contributed by atoms with Crippen LogP contribution < -0.4 is 20.3 Å². The van der Waals surface area contributed by atoms with Gasteiger partial charge in [0, 0.05) is 7.05 Å². The van der Waals surface area contributed by atoms with E-state index in [1.54, 1.807) is 51.6 Å². The smallest absolute Gasteiger partial charge is 0.261 e. The van der Waals surface area contributed by atoms with Crippen molar-refractivity contribution in [2.75, 3.05) is 14.2 Å². The third kappa shape index (κ3) is 3.92. The molecule has 0 saturated carbocycles. The van der Waals surface area contributed by atoms with Gasteiger partial charge in [-0.2, -0.15) is 0 Å². The van der Waals surface area contributed by atoms with Crippen LogP contribution in [0.25, 0.3) is 10.9 Å². The molecule has 7 nitrogen and oxygen atoms in total. The summed E-state index contributed by atoms with van der Waals surface area (Å²) in [5.41, 5.74) is 1.28. The summed E-state index contributed by atoms with van der Waals surface area (Å²) in [5, 5.41) is 3.37. The number of aromatic nitrogens is 2. The van der Waals surface area contributed by atoms with Gasteiger partial charge in [0.25, 0.3) is 5.56 Å². The van der Waals surface area contributed by atoms with Gasteiger partial charge in [0.1, 0.15) is 5.82 Å². The number of hydrogen-bond donors (Lipinski definition) is 1. The predicted molar refractivity (Wildman–Crippen MR) is 102 cm³/mol. The van der Waals surface area contributed by atoms with Gasteiger partial charge in [-0.3, -0.25) is 14.2 Å². The number of benzene rings is 2. The number of methoxy groups -OCH3 is 2. The number of para-hydroxylation sites is 1. The van der Waals surface area contributed by atoms with Crippen molar-refractivity contribution in [2.45, 2.75) is 13.0 Å². The van der Waals surface area contributed by atoms with Crippen molar-refractivity contribution in [3.05, 3.63) is 64.2 Å². The van der Waals surface area contributed by atoms with Gasteiger partial charge in [0.15, 0.2) is 11.5 Å². The molecule has 1 aromatic heterocycles. The van der Waals surface area contributed by atoms with Crippen molar-refractivity contribution in [2.24, 2.45) is 7.05 Å². The van der Waals surface area contributed by atoms with Crippen molar-refractivity contribution in [1.82, 2.24) is 14.9 Å². The first-order chi connectivity index (χ1) is 13.0. The standard InChI is InChI=1S/C20H21N3O4/c1-23-18(22-15-7-5-4-6-14(15)20(23)25)12-21-19(24)11-13-8-9-16(26-2)17(10-13)27-3/h4-10H,11-12H2,1-3H3,(H,21,24). The summed E-state index contributed by atoms with van der Waals surface area (Å²) >= 11 is 0. The zero-order valence-corrected chi connectivity index (χ0v) is 15.5. The highest BCUT2D eigenvalue weighted by Crippen LogP contribution is 2.27. The molecule has 0 atom stereocenters. The second-order valence-electron chi connectivity index (χ2n) is 6.05. The average molecular weight is 367 g/mol. The first kappa shape index (κ1) is 18.4. The molecule has 1 N–H and O–H groups in total. The van der Waals surface area contributed by atoms with Crippen LogP contribution in [0.1, 0.15) is 11.4 Å². The summed E-state index contributed by atoms with van der Waals surface area (Å²) in [6.45, 7) is 0.169. The molecule has 3 aromatic rings. The van der Waals surface area contributed by atoms with E-state index in [0.29, 0.717) is 28.2 Å². The van der Waals surface area contributed by atoms with Gasteiger partial charge >= 0.3 is 0 Å². The van der Waals surface area contributed by atoms with Crippen molar-refractivity contribution < 1.29 is 14.3 Å². The highest BCUT2D eigenvalue weighted by atomic mass is 16.5. The number of carbonyl (C=O) groups is 1. The SMILES string of the molecule is COc1ccc(CC(=O)NCc2nc3ccccc3c(=O)n2C)cc1OC. The van der Waals surface area contributed by atoms with Crippen molar-refractivity contribution in [1.29, 1.82) is 0 Å². The minimum Gasteiger partial charge on any atom is -0.493 e. The van der Waals surface area contributed by atoms with Gasteiger partial charge < -0.3 is 14.8 Å². The minimum absolute atomic E-state index is 0.135. The van der Waals surface area contributed by atoms with Gasteiger partial charge in [-0.05, 0) is 29.8 Å². The maximum Gasteiger partial charge on any atom is 0.261 e. The normalized spacial score (nSPS) is 10.6. The van der Waals surface area contributed by atoms with Crippen LogP contribution >= 0.6 is 0 Å². The van der Waals surface area contributed by atoms with E-state index < -0.39 is 0 Å². The number of carbonyl (C=O) groups excluding carboxylic acids is 1. The molecule has 0 unspecified atom stereocenters. The van der Waals surface area contributed by atoms with Gasteiger partial charge in [0.2, 0.25) is 5.91 Å². The Morgan fingerprint density at radius 1 is 1.11 bits per heavy atom. The zero-order valence-electron chi connectivity index (χ0n) is 15.5. The van der Waals surface area contributed by atoms with E-state index in [0.717, 1.165) is 5.56 Å². The zero-order chi connectivity index (χ0) is 19.4. The van der Waals surface area contributed by atoms with Crippen LogP contribution in [0.4, 0.5) is 0 Å². The fourth-order valence-electron chi connectivity index (χ4n) is 2.84. The van der Waals surface area contributed by atoms with Gasteiger partial charge in [0.05, 0.1) is 38.1 Å². The summed E-state index contributed by atoms with van der Waals surface area (Å²) in [7, 11) is 4.76. The van der Waals surface area contributed by atoms with Crippen LogP contribution in [0.2, 0.25) is 0 Å². The van der Waals surface area contributed by atoms with Crippen LogP contribution in [0.15, 0.2) is 47.3 Å². The number of amides is 1. The molecule has 0 saturated heterocycles. The number of fused-ring (bicyclic) bond motifs is 1. The molecule has 140 valence electrons. The molecular formula is C20H21N3O4. The summed E-state index contributed by atoms with van der Waals surface area (Å²) in [6, 6.07) is 12.5. The summed E-state index contributed by atoms with van der Waals surface area (Å²) in [4.78, 5) is 29.2. The molecule has 2 aromatic carbocycles. The lowest BCUT2D eigenvalue weighted by molar-refractivity contribution is -0.120. The van der Waals surface area contributed by atoms with Crippen molar-refractivity contribution >= 4 is 16.8 Å². The predicted octanol–water partition coefficient (Wildman–Crippen LogP) is 1.81. The van der Waals surface area contributed by atoms with E-state index >= 15 is 0 Å². The second-order valence-corrected chi connectivity index (χ2v) is 6.05. The maximum atomic E-state index is 12.4. The van der Waals surface area contributed by atoms with E-state index in [1.807, 2.05) is 12.1 Å². The third-order valence-electron chi connectivity index (χ3n) is 4.33. The molecule has 0 radical (unpaired) electrons. The highest BCUT2D eigenvalue weighted by molar-refractivity contribution is 5.79. The molecule has 0 aliphatic heterocycles. The number of nitrogens with zero attached hydrogens (tertiary/aromatic N) is 2. The van der Waals surface area contributed by atoms with Crippen LogP contribution in [0.5, 0.6) is 11.5 Å². The van der Waals surface area contributed by atoms with E-state index in [2.05, 4.69) is 10.3 Å². The van der Waals surface area contributed by atoms with Gasteiger partial charge in [-0.15, -0.1) is 0 Å². The lowest BCUT2D eigenvalue weighted by atomic mass is 10.1. The van der Waals surface area contributed by atoms with E-state index in [4.69, 9.17) is 9.47 Å². The largest absolute Gasteiger partial charge is 0.493 e. The van der Waals surface area contributed by atoms with Crippen molar-refractivity contribution in [3.8, 4) is 11.5 Å². The monoisotopic (exact) mass is 367 g/mol. The Bertz CT molecular complexity index is 1040. The molecule has 0 aliphatic rings. The van der Waals surface area contributed by atoms with Gasteiger partial charge in [-0.25, -0.2) is 4.98 Å². The van der Waals surface area contributed by atoms with Crippen LogP contribution in [-0.2, 0) is 24.8 Å². The van der Waals surface area contributed by atoms with Crippen molar-refractivity contribution in [3.63, 3.8) is 0 Å². The minimum atomic E-state index is -0.176. The lowest BCUT2D eigenvalue weighted by Gasteiger charge is -2.11. The average Bonchev–Trinajstić information content (AvgIpc) is 2.69. The lowest BCUT2D eigenvalue weighted by Crippen LogP contribution is -2.30. The second kappa shape index (κ2) is 7.90. The number of nitrogens with one attached hydrogen (secondary N) is 1. The van der Waals surface area contributed by atoms with Crippen LogP contribution in [0.3, 0.4) is 0 Å². The Balaban J connectivity index is 1.72. The molecule has 3 rings (SSSR count). The highest BCUT2D eigenvalue weighted by Gasteiger charge is 2.11. The fourth-order valence-corrected chi connectivity index (χ4v) is 2.84. The van der Waals surface area contributed by atoms with Crippen LogP contribution in [0, 0.1) is 0 Å². The van der Waals surface area contributed by atoms with E-state index in [1.165, 1.54) is 4.57 Å². The number of hydrogen-bond acceptors (Lipinski definition) is 5. The summed E-state index contributed by atoms with van der Waals surface area (Å²) < 4.78 is 11.9. The maximum absolute atomic E-state index is 12.4. The summed E-state index contributed by atoms with van der Waals surface area (Å²) in [5.74, 6) is 1.50.